The Labute approximate surface area is 126 Å². The average molecular weight is 308 g/mol. The predicted molar refractivity (Wildman–Crippen MR) is 78.5 cm³/mol. The fourth-order valence-corrected chi connectivity index (χ4v) is 1.92. The van der Waals surface area contributed by atoms with Crippen LogP contribution in [0.5, 0.6) is 0 Å². The second kappa shape index (κ2) is 6.90. The smallest absolute Gasteiger partial charge is 0.306 e. The monoisotopic (exact) mass is 307 g/mol. The maximum Gasteiger partial charge on any atom is 0.306 e. The summed E-state index contributed by atoms with van der Waals surface area (Å²) in [6.07, 6.45) is 3.46. The van der Waals surface area contributed by atoms with Crippen LogP contribution in [0, 0.1) is 0 Å². The van der Waals surface area contributed by atoms with E-state index in [0.717, 1.165) is 0 Å². The molecule has 110 valence electrons. The van der Waals surface area contributed by atoms with E-state index in [9.17, 15) is 9.59 Å². The van der Waals surface area contributed by atoms with Crippen molar-refractivity contribution >= 4 is 29.2 Å². The normalized spacial score (nSPS) is 10.2. The highest BCUT2D eigenvalue weighted by Gasteiger charge is 2.11. The quantitative estimate of drug-likeness (QED) is 0.861. The zero-order valence-corrected chi connectivity index (χ0v) is 12.1. The van der Waals surface area contributed by atoms with Crippen molar-refractivity contribution in [2.75, 3.05) is 12.4 Å². The highest BCUT2D eigenvalue weighted by Crippen LogP contribution is 2.24. The van der Waals surface area contributed by atoms with Crippen LogP contribution in [0.25, 0.3) is 5.69 Å². The van der Waals surface area contributed by atoms with E-state index in [0.29, 0.717) is 16.4 Å². The van der Waals surface area contributed by atoms with E-state index < -0.39 is 5.97 Å². The molecule has 0 radical (unpaired) electrons. The fraction of sp³-hybridized carbons (Fsp3) is 0.214. The molecule has 2 aromatic rings. The van der Waals surface area contributed by atoms with Gasteiger partial charge in [0.1, 0.15) is 0 Å². The van der Waals surface area contributed by atoms with Gasteiger partial charge < -0.3 is 10.1 Å². The minimum absolute atomic E-state index is 0.0278. The zero-order chi connectivity index (χ0) is 15.2. The first kappa shape index (κ1) is 15.1. The van der Waals surface area contributed by atoms with Crippen molar-refractivity contribution < 1.29 is 14.3 Å². The molecule has 1 N–H and O–H groups in total. The molecule has 0 aliphatic rings. The van der Waals surface area contributed by atoms with Gasteiger partial charge in [-0.05, 0) is 24.3 Å². The third kappa shape index (κ3) is 4.06. The molecular formula is C14H14ClN3O3. The first-order valence-corrected chi connectivity index (χ1v) is 6.64. The van der Waals surface area contributed by atoms with Gasteiger partial charge in [0.15, 0.2) is 0 Å². The maximum absolute atomic E-state index is 11.9. The number of hydrogen-bond acceptors (Lipinski definition) is 4. The molecule has 7 heteroatoms. The fourth-order valence-electron chi connectivity index (χ4n) is 1.75. The number of esters is 1. The number of amides is 1. The van der Waals surface area contributed by atoms with Crippen LogP contribution >= 0.6 is 11.6 Å². The van der Waals surface area contributed by atoms with Crippen LogP contribution < -0.4 is 5.32 Å². The molecule has 6 nitrogen and oxygen atoms in total. The summed E-state index contributed by atoms with van der Waals surface area (Å²) in [6, 6.07) is 6.88. The van der Waals surface area contributed by atoms with E-state index in [-0.39, 0.29) is 18.7 Å². The lowest BCUT2D eigenvalue weighted by Crippen LogP contribution is -2.15. The van der Waals surface area contributed by atoms with Crippen molar-refractivity contribution in [2.24, 2.45) is 0 Å². The van der Waals surface area contributed by atoms with Crippen molar-refractivity contribution in [2.45, 2.75) is 12.8 Å². The summed E-state index contributed by atoms with van der Waals surface area (Å²) < 4.78 is 6.12. The Balaban J connectivity index is 2.14. The molecule has 0 aliphatic heterocycles. The van der Waals surface area contributed by atoms with E-state index in [1.165, 1.54) is 7.11 Å². The molecule has 0 saturated heterocycles. The molecule has 1 heterocycles. The van der Waals surface area contributed by atoms with Gasteiger partial charge in [-0.15, -0.1) is 0 Å². The third-order valence-electron chi connectivity index (χ3n) is 2.77. The minimum Gasteiger partial charge on any atom is -0.469 e. The number of rotatable bonds is 5. The van der Waals surface area contributed by atoms with Crippen molar-refractivity contribution in [3.63, 3.8) is 0 Å². The molecule has 0 saturated carbocycles. The number of benzene rings is 1. The number of aromatic nitrogens is 2. The molecule has 0 aliphatic carbocycles. The molecule has 1 aromatic carbocycles. The van der Waals surface area contributed by atoms with Gasteiger partial charge in [0.2, 0.25) is 5.91 Å². The van der Waals surface area contributed by atoms with Crippen LogP contribution in [-0.4, -0.2) is 28.8 Å². The second-order valence-corrected chi connectivity index (χ2v) is 4.67. The molecule has 1 amide bonds. The number of nitrogens with zero attached hydrogens (tertiary/aromatic N) is 2. The average Bonchev–Trinajstić information content (AvgIpc) is 2.99. The number of carbonyl (C=O) groups excluding carboxylic acids is 2. The highest BCUT2D eigenvalue weighted by molar-refractivity contribution is 6.31. The minimum atomic E-state index is -0.427. The van der Waals surface area contributed by atoms with Crippen LogP contribution in [0.3, 0.4) is 0 Å². The van der Waals surface area contributed by atoms with Gasteiger partial charge in [-0.1, -0.05) is 11.6 Å². The van der Waals surface area contributed by atoms with Gasteiger partial charge in [-0.2, -0.15) is 5.10 Å². The molecule has 0 atom stereocenters. The molecule has 0 unspecified atom stereocenters. The predicted octanol–water partition coefficient (Wildman–Crippen LogP) is 2.42. The van der Waals surface area contributed by atoms with E-state index in [4.69, 9.17) is 11.6 Å². The van der Waals surface area contributed by atoms with Crippen LogP contribution in [0.4, 0.5) is 5.69 Å². The molecule has 2 rings (SSSR count). The second-order valence-electron chi connectivity index (χ2n) is 4.24. The molecule has 21 heavy (non-hydrogen) atoms. The lowest BCUT2D eigenvalue weighted by atomic mass is 10.2. The van der Waals surface area contributed by atoms with Crippen molar-refractivity contribution in [1.82, 2.24) is 9.78 Å². The Bertz CT molecular complexity index is 641. The number of methoxy groups -OCH3 is 1. The first-order chi connectivity index (χ1) is 10.1. The van der Waals surface area contributed by atoms with Gasteiger partial charge in [0.05, 0.1) is 24.9 Å². The summed E-state index contributed by atoms with van der Waals surface area (Å²) in [5.41, 5.74) is 1.22. The number of halogens is 1. The van der Waals surface area contributed by atoms with Crippen molar-refractivity contribution in [1.29, 1.82) is 0 Å². The van der Waals surface area contributed by atoms with E-state index in [1.807, 2.05) is 0 Å². The van der Waals surface area contributed by atoms with Crippen LogP contribution in [0.2, 0.25) is 5.02 Å². The zero-order valence-electron chi connectivity index (χ0n) is 11.4. The lowest BCUT2D eigenvalue weighted by molar-refractivity contribution is -0.141. The number of ether oxygens (including phenoxy) is 1. The molecule has 0 spiro atoms. The van der Waals surface area contributed by atoms with E-state index in [2.05, 4.69) is 15.2 Å². The molecular weight excluding hydrogens is 294 g/mol. The summed E-state index contributed by atoms with van der Waals surface area (Å²) in [4.78, 5) is 22.9. The van der Waals surface area contributed by atoms with Gasteiger partial charge in [0, 0.05) is 23.8 Å². The van der Waals surface area contributed by atoms with Gasteiger partial charge in [-0.25, -0.2) is 4.68 Å². The van der Waals surface area contributed by atoms with Gasteiger partial charge in [0.25, 0.3) is 0 Å². The summed E-state index contributed by atoms with van der Waals surface area (Å²) in [5, 5.41) is 7.34. The van der Waals surface area contributed by atoms with E-state index >= 15 is 0 Å². The Morgan fingerprint density at radius 1 is 1.38 bits per heavy atom. The topological polar surface area (TPSA) is 73.2 Å². The third-order valence-corrected chi connectivity index (χ3v) is 3.00. The number of anilines is 1. The lowest BCUT2D eigenvalue weighted by Gasteiger charge is -2.11. The first-order valence-electron chi connectivity index (χ1n) is 6.26. The van der Waals surface area contributed by atoms with E-state index in [1.54, 1.807) is 41.3 Å². The Kier molecular flexibility index (Phi) is 4.94. The summed E-state index contributed by atoms with van der Waals surface area (Å²) >= 11 is 5.96. The largest absolute Gasteiger partial charge is 0.469 e. The van der Waals surface area contributed by atoms with Crippen molar-refractivity contribution in [3.8, 4) is 5.69 Å². The summed E-state index contributed by atoms with van der Waals surface area (Å²) in [7, 11) is 1.28. The van der Waals surface area contributed by atoms with Crippen molar-refractivity contribution in [3.05, 3.63) is 41.7 Å². The Morgan fingerprint density at radius 3 is 2.86 bits per heavy atom. The molecule has 0 fully saturated rings. The number of carbonyl (C=O) groups is 2. The standard InChI is InChI=1S/C14H14ClN3O3/c1-21-14(20)6-5-13(19)17-11-9-10(15)3-4-12(11)18-8-2-7-16-18/h2-4,7-9H,5-6H2,1H3,(H,17,19). The molecule has 0 bridgehead atoms. The Morgan fingerprint density at radius 2 is 2.19 bits per heavy atom. The summed E-state index contributed by atoms with van der Waals surface area (Å²) in [5.74, 6) is -0.723. The van der Waals surface area contributed by atoms with Gasteiger partial charge >= 0.3 is 5.97 Å². The van der Waals surface area contributed by atoms with Crippen LogP contribution in [0.1, 0.15) is 12.8 Å². The summed E-state index contributed by atoms with van der Waals surface area (Å²) in [6.45, 7) is 0. The number of hydrogen-bond donors (Lipinski definition) is 1. The Hall–Kier alpha value is -2.34. The van der Waals surface area contributed by atoms with Crippen LogP contribution in [-0.2, 0) is 14.3 Å². The SMILES string of the molecule is COC(=O)CCC(=O)Nc1cc(Cl)ccc1-n1cccn1. The maximum atomic E-state index is 11.9. The highest BCUT2D eigenvalue weighted by atomic mass is 35.5. The van der Waals surface area contributed by atoms with Crippen LogP contribution in [0.15, 0.2) is 36.7 Å². The molecule has 1 aromatic heterocycles. The number of nitrogens with one attached hydrogen (secondary N) is 1. The van der Waals surface area contributed by atoms with Gasteiger partial charge in [-0.3, -0.25) is 9.59 Å².